The zero-order valence-electron chi connectivity index (χ0n) is 40.3. The van der Waals surface area contributed by atoms with Crippen LogP contribution in [-0.4, -0.2) is 66.3 Å². The molecular weight excluding hydrogens is 800 g/mol. The number of aliphatic hydroxyl groups is 2. The number of carbonyl (C=O) groups is 1. The van der Waals surface area contributed by atoms with Gasteiger partial charge in [-0.05, 0) is 51.4 Å². The van der Waals surface area contributed by atoms with Crippen molar-refractivity contribution in [2.45, 2.75) is 257 Å². The number of hydrogen-bond donors (Lipinski definition) is 3. The van der Waals surface area contributed by atoms with E-state index in [0.29, 0.717) is 13.0 Å². The molecule has 9 nitrogen and oxygen atoms in total. The van der Waals surface area contributed by atoms with Crippen molar-refractivity contribution < 1.29 is 43.0 Å². The minimum atomic E-state index is -4.53. The first kappa shape index (κ1) is 60.7. The second-order valence-corrected chi connectivity index (χ2v) is 19.0. The van der Waals surface area contributed by atoms with Crippen molar-refractivity contribution in [2.24, 2.45) is 0 Å². The summed E-state index contributed by atoms with van der Waals surface area (Å²) in [5, 5.41) is 18.4. The molecule has 0 fully saturated rings. The Morgan fingerprint density at radius 3 is 1.31 bits per heavy atom. The lowest BCUT2D eigenvalue weighted by Gasteiger charge is -2.20. The Morgan fingerprint density at radius 2 is 0.871 bits per heavy atom. The second kappa shape index (κ2) is 49.1. The molecule has 0 aliphatic heterocycles. The molecule has 0 aliphatic rings. The lowest BCUT2D eigenvalue weighted by atomic mass is 10.0. The average Bonchev–Trinajstić information content (AvgIpc) is 3.26. The van der Waals surface area contributed by atoms with Crippen LogP contribution in [0.3, 0.4) is 0 Å². The molecule has 0 bridgehead atoms. The standard InChI is InChI=1S/C52H99O9P/c1-3-5-7-9-11-13-15-17-19-21-23-25-26-28-30-32-34-36-38-40-42-44-52(55)61-51(49-60-62(56,57)59-47-50(54)46-53)48-58-45-43-41-39-37-35-33-31-29-27-24-22-20-18-16-14-12-10-8-6-4-2/h15,17,21,23,26,28,50-51,53-54H,3-14,16,18-20,22,24-25,27,29-49H2,1-2H3,(H,56,57)/b17-15-,23-21-,28-26-. The fourth-order valence-corrected chi connectivity index (χ4v) is 8.15. The van der Waals surface area contributed by atoms with Crippen LogP contribution < -0.4 is 0 Å². The van der Waals surface area contributed by atoms with Crippen molar-refractivity contribution in [3.63, 3.8) is 0 Å². The topological polar surface area (TPSA) is 132 Å². The van der Waals surface area contributed by atoms with Crippen LogP contribution in [-0.2, 0) is 27.9 Å². The summed E-state index contributed by atoms with van der Waals surface area (Å²) in [6, 6.07) is 0. The second-order valence-electron chi connectivity index (χ2n) is 17.5. The summed E-state index contributed by atoms with van der Waals surface area (Å²) < 4.78 is 33.5. The van der Waals surface area contributed by atoms with Gasteiger partial charge in [0.1, 0.15) is 12.2 Å². The molecule has 3 unspecified atom stereocenters. The summed E-state index contributed by atoms with van der Waals surface area (Å²) in [6.07, 6.45) is 55.4. The van der Waals surface area contributed by atoms with Crippen molar-refractivity contribution in [3.05, 3.63) is 36.5 Å². The van der Waals surface area contributed by atoms with Gasteiger partial charge >= 0.3 is 13.8 Å². The SMILES string of the molecule is CCCCCCC/C=C\C/C=C\C/C=C\CCCCCCCCC(=O)OC(COCCCCCCCCCCCCCCCCCCCCCC)COP(=O)(O)OCC(O)CO. The van der Waals surface area contributed by atoms with Gasteiger partial charge < -0.3 is 24.6 Å². The van der Waals surface area contributed by atoms with E-state index < -0.39 is 39.2 Å². The van der Waals surface area contributed by atoms with Crippen LogP contribution in [0.2, 0.25) is 0 Å². The van der Waals surface area contributed by atoms with E-state index in [2.05, 4.69) is 50.3 Å². The first-order valence-electron chi connectivity index (χ1n) is 26.0. The minimum Gasteiger partial charge on any atom is -0.457 e. The highest BCUT2D eigenvalue weighted by molar-refractivity contribution is 7.47. The van der Waals surface area contributed by atoms with Crippen molar-refractivity contribution in [2.75, 3.05) is 33.0 Å². The third kappa shape index (κ3) is 48.1. The normalized spacial score (nSPS) is 14.1. The number of aliphatic hydroxyl groups excluding tert-OH is 2. The van der Waals surface area contributed by atoms with Gasteiger partial charge in [0.25, 0.3) is 0 Å². The highest BCUT2D eigenvalue weighted by Crippen LogP contribution is 2.43. The van der Waals surface area contributed by atoms with Crippen LogP contribution in [0.1, 0.15) is 245 Å². The molecule has 0 aromatic carbocycles. The highest BCUT2D eigenvalue weighted by atomic mass is 31.2. The summed E-state index contributed by atoms with van der Waals surface area (Å²) >= 11 is 0. The van der Waals surface area contributed by atoms with Gasteiger partial charge in [-0.3, -0.25) is 13.8 Å². The third-order valence-electron chi connectivity index (χ3n) is 11.3. The van der Waals surface area contributed by atoms with Crippen LogP contribution in [0.15, 0.2) is 36.5 Å². The Kier molecular flexibility index (Phi) is 48.1. The van der Waals surface area contributed by atoms with Gasteiger partial charge in [-0.2, -0.15) is 0 Å². The number of phosphoric acid groups is 1. The summed E-state index contributed by atoms with van der Waals surface area (Å²) in [4.78, 5) is 22.7. The number of phosphoric ester groups is 1. The number of carbonyl (C=O) groups excluding carboxylic acids is 1. The monoisotopic (exact) mass is 899 g/mol. The van der Waals surface area contributed by atoms with Crippen molar-refractivity contribution in [1.82, 2.24) is 0 Å². The fraction of sp³-hybridized carbons (Fsp3) is 0.865. The lowest BCUT2D eigenvalue weighted by Crippen LogP contribution is -2.29. The molecular formula is C52H99O9P. The smallest absolute Gasteiger partial charge is 0.457 e. The molecule has 0 radical (unpaired) electrons. The third-order valence-corrected chi connectivity index (χ3v) is 12.3. The van der Waals surface area contributed by atoms with E-state index in [4.69, 9.17) is 23.6 Å². The fourth-order valence-electron chi connectivity index (χ4n) is 7.36. The maximum atomic E-state index is 12.7. The van der Waals surface area contributed by atoms with Crippen molar-refractivity contribution >= 4 is 13.8 Å². The molecule has 0 heterocycles. The van der Waals surface area contributed by atoms with Crippen LogP contribution in [0, 0.1) is 0 Å². The maximum absolute atomic E-state index is 12.7. The molecule has 3 N–H and O–H groups in total. The molecule has 0 amide bonds. The summed E-state index contributed by atoms with van der Waals surface area (Å²) in [6.45, 7) is 3.54. The molecule has 366 valence electrons. The Hall–Kier alpha value is -1.32. The van der Waals surface area contributed by atoms with Crippen LogP contribution >= 0.6 is 7.82 Å². The highest BCUT2D eigenvalue weighted by Gasteiger charge is 2.26. The van der Waals surface area contributed by atoms with Crippen LogP contribution in [0.5, 0.6) is 0 Å². The van der Waals surface area contributed by atoms with Crippen LogP contribution in [0.25, 0.3) is 0 Å². The molecule has 0 spiro atoms. The van der Waals surface area contributed by atoms with Gasteiger partial charge in [0.05, 0.1) is 26.4 Å². The molecule has 62 heavy (non-hydrogen) atoms. The summed E-state index contributed by atoms with van der Waals surface area (Å²) in [7, 11) is -4.53. The number of hydrogen-bond acceptors (Lipinski definition) is 8. The zero-order valence-corrected chi connectivity index (χ0v) is 41.2. The van der Waals surface area contributed by atoms with Gasteiger partial charge in [0, 0.05) is 13.0 Å². The molecule has 10 heteroatoms. The van der Waals surface area contributed by atoms with E-state index >= 15 is 0 Å². The maximum Gasteiger partial charge on any atom is 0.472 e. The van der Waals surface area contributed by atoms with Gasteiger partial charge in [-0.15, -0.1) is 0 Å². The summed E-state index contributed by atoms with van der Waals surface area (Å²) in [5.41, 5.74) is 0. The number of rotatable bonds is 50. The largest absolute Gasteiger partial charge is 0.472 e. The Bertz CT molecular complexity index is 1060. The number of unbranched alkanes of at least 4 members (excludes halogenated alkanes) is 30. The van der Waals surface area contributed by atoms with E-state index in [9.17, 15) is 19.4 Å². The van der Waals surface area contributed by atoms with Gasteiger partial charge in [-0.25, -0.2) is 4.57 Å². The number of ether oxygens (including phenoxy) is 2. The van der Waals surface area contributed by atoms with E-state index in [1.54, 1.807) is 0 Å². The average molecular weight is 899 g/mol. The van der Waals surface area contributed by atoms with Crippen molar-refractivity contribution in [1.29, 1.82) is 0 Å². The van der Waals surface area contributed by atoms with Gasteiger partial charge in [-0.1, -0.05) is 224 Å². The number of esters is 1. The first-order valence-corrected chi connectivity index (χ1v) is 27.5. The quantitative estimate of drug-likeness (QED) is 0.0236. The van der Waals surface area contributed by atoms with E-state index in [0.717, 1.165) is 51.4 Å². The zero-order chi connectivity index (χ0) is 45.3. The molecule has 0 aliphatic carbocycles. The van der Waals surface area contributed by atoms with Crippen LogP contribution in [0.4, 0.5) is 0 Å². The lowest BCUT2D eigenvalue weighted by molar-refractivity contribution is -0.154. The number of allylic oxidation sites excluding steroid dienone is 6. The molecule has 0 saturated heterocycles. The summed E-state index contributed by atoms with van der Waals surface area (Å²) in [5.74, 6) is -0.390. The Labute approximate surface area is 382 Å². The van der Waals surface area contributed by atoms with Crippen molar-refractivity contribution in [3.8, 4) is 0 Å². The van der Waals surface area contributed by atoms with Gasteiger partial charge in [0.15, 0.2) is 0 Å². The molecule has 3 atom stereocenters. The predicted molar refractivity (Wildman–Crippen MR) is 261 cm³/mol. The molecule has 0 aromatic rings. The molecule has 0 aromatic heterocycles. The predicted octanol–water partition coefficient (Wildman–Crippen LogP) is 15.2. The molecule has 0 rings (SSSR count). The Morgan fingerprint density at radius 1 is 0.500 bits per heavy atom. The Balaban J connectivity index is 4.08. The van der Waals surface area contributed by atoms with E-state index in [1.165, 1.54) is 167 Å². The van der Waals surface area contributed by atoms with Gasteiger partial charge in [0.2, 0.25) is 0 Å². The first-order chi connectivity index (χ1) is 30.3. The molecule has 0 saturated carbocycles. The van der Waals surface area contributed by atoms with E-state index in [-0.39, 0.29) is 19.6 Å². The van der Waals surface area contributed by atoms with E-state index in [1.807, 2.05) is 0 Å². The minimum absolute atomic E-state index is 0.0471.